The van der Waals surface area contributed by atoms with E-state index in [1.165, 1.54) is 32.1 Å². The monoisotopic (exact) mass is 196 g/mol. The molecule has 0 saturated carbocycles. The van der Waals surface area contributed by atoms with Crippen LogP contribution in [0.1, 0.15) is 66.7 Å². The van der Waals surface area contributed by atoms with Crippen LogP contribution in [0.5, 0.6) is 0 Å². The Labute approximate surface area is 90.8 Å². The van der Waals surface area contributed by atoms with Crippen molar-refractivity contribution in [2.45, 2.75) is 66.7 Å². The van der Waals surface area contributed by atoms with Gasteiger partial charge in [-0.15, -0.1) is 0 Å². The first-order chi connectivity index (χ1) is 6.42. The van der Waals surface area contributed by atoms with Gasteiger partial charge in [-0.1, -0.05) is 53.2 Å². The molecule has 0 spiro atoms. The van der Waals surface area contributed by atoms with Crippen LogP contribution in [0.3, 0.4) is 0 Å². The first-order valence-corrected chi connectivity index (χ1v) is 6.07. The van der Waals surface area contributed by atoms with Gasteiger partial charge >= 0.3 is 0 Å². The van der Waals surface area contributed by atoms with Crippen LogP contribution in [0.4, 0.5) is 0 Å². The quantitative estimate of drug-likeness (QED) is 0.405. The van der Waals surface area contributed by atoms with Crippen molar-refractivity contribution < 1.29 is 0 Å². The van der Waals surface area contributed by atoms with E-state index in [-0.39, 0.29) is 0 Å². The Hall–Kier alpha value is -0.260. The van der Waals surface area contributed by atoms with Gasteiger partial charge in [0.2, 0.25) is 0 Å². The molecule has 0 aromatic heterocycles. The average molecular weight is 196 g/mol. The third kappa shape index (κ3) is 11.7. The summed E-state index contributed by atoms with van der Waals surface area (Å²) in [5.41, 5.74) is 0.488. The van der Waals surface area contributed by atoms with Gasteiger partial charge in [0.25, 0.3) is 0 Å². The molecule has 0 amide bonds. The average Bonchev–Trinajstić information content (AvgIpc) is 2.00. The Balaban J connectivity index is 3.29. The lowest BCUT2D eigenvalue weighted by atomic mass is 9.90. The van der Waals surface area contributed by atoms with Crippen LogP contribution in [0.25, 0.3) is 0 Å². The molecule has 0 aromatic carbocycles. The van der Waals surface area contributed by atoms with E-state index in [0.29, 0.717) is 5.41 Å². The fourth-order valence-electron chi connectivity index (χ4n) is 1.40. The molecule has 0 aliphatic heterocycles. The maximum Gasteiger partial charge on any atom is -0.0346 e. The normalized spacial score (nSPS) is 13.0. The molecule has 0 saturated heterocycles. The van der Waals surface area contributed by atoms with E-state index in [2.05, 4.69) is 46.8 Å². The third-order valence-electron chi connectivity index (χ3n) is 2.38. The largest absolute Gasteiger partial charge is 0.0885 e. The zero-order valence-electron chi connectivity index (χ0n) is 10.8. The summed E-state index contributed by atoms with van der Waals surface area (Å²) in [5, 5.41) is 0. The minimum absolute atomic E-state index is 0.488. The highest BCUT2D eigenvalue weighted by Gasteiger charge is 2.07. The van der Waals surface area contributed by atoms with Gasteiger partial charge in [-0.05, 0) is 37.0 Å². The Morgan fingerprint density at radius 1 is 1.00 bits per heavy atom. The summed E-state index contributed by atoms with van der Waals surface area (Å²) >= 11 is 0. The van der Waals surface area contributed by atoms with Crippen molar-refractivity contribution in [2.24, 2.45) is 11.3 Å². The Morgan fingerprint density at radius 2 is 1.57 bits per heavy atom. The molecule has 0 heterocycles. The van der Waals surface area contributed by atoms with Gasteiger partial charge in [0.05, 0.1) is 0 Å². The fourth-order valence-corrected chi connectivity index (χ4v) is 1.40. The number of unbranched alkanes of at least 4 members (excludes halogenated alkanes) is 1. The van der Waals surface area contributed by atoms with Gasteiger partial charge in [0.15, 0.2) is 0 Å². The summed E-state index contributed by atoms with van der Waals surface area (Å²) in [6.07, 6.45) is 11.2. The summed E-state index contributed by atoms with van der Waals surface area (Å²) in [6, 6.07) is 0. The van der Waals surface area contributed by atoms with E-state index in [1.807, 2.05) is 0 Å². The highest BCUT2D eigenvalue weighted by molar-refractivity contribution is 4.83. The minimum Gasteiger partial charge on any atom is -0.0885 e. The van der Waals surface area contributed by atoms with Gasteiger partial charge in [-0.3, -0.25) is 0 Å². The van der Waals surface area contributed by atoms with E-state index < -0.39 is 0 Å². The second kappa shape index (κ2) is 7.09. The lowest BCUT2D eigenvalue weighted by Crippen LogP contribution is -2.02. The van der Waals surface area contributed by atoms with Crippen molar-refractivity contribution in [1.29, 1.82) is 0 Å². The SMILES string of the molecule is CC(C)CCC/C=C\CCC(C)(C)C. The molecule has 0 N–H and O–H groups in total. The van der Waals surface area contributed by atoms with Crippen LogP contribution in [-0.2, 0) is 0 Å². The van der Waals surface area contributed by atoms with Gasteiger partial charge in [0, 0.05) is 0 Å². The second-order valence-electron chi connectivity index (χ2n) is 5.90. The molecule has 14 heavy (non-hydrogen) atoms. The molecule has 0 radical (unpaired) electrons. The minimum atomic E-state index is 0.488. The zero-order valence-corrected chi connectivity index (χ0v) is 10.8. The summed E-state index contributed by atoms with van der Waals surface area (Å²) < 4.78 is 0. The molecular weight excluding hydrogens is 168 g/mol. The molecule has 0 heteroatoms. The smallest absolute Gasteiger partial charge is 0.0346 e. The standard InChI is InChI=1S/C14H28/c1-13(2)11-9-7-6-8-10-12-14(3,4)5/h6,8,13H,7,9-12H2,1-5H3/b8-6-. The number of hydrogen-bond acceptors (Lipinski definition) is 0. The molecular formula is C14H28. The van der Waals surface area contributed by atoms with Crippen molar-refractivity contribution in [3.8, 4) is 0 Å². The van der Waals surface area contributed by atoms with Crippen LogP contribution in [0.2, 0.25) is 0 Å². The fraction of sp³-hybridized carbons (Fsp3) is 0.857. The second-order valence-corrected chi connectivity index (χ2v) is 5.90. The summed E-state index contributed by atoms with van der Waals surface area (Å²) in [6.45, 7) is 11.5. The van der Waals surface area contributed by atoms with Crippen LogP contribution in [0, 0.1) is 11.3 Å². The molecule has 0 fully saturated rings. The first-order valence-electron chi connectivity index (χ1n) is 6.07. The summed E-state index contributed by atoms with van der Waals surface area (Å²) in [5.74, 6) is 0.859. The summed E-state index contributed by atoms with van der Waals surface area (Å²) in [4.78, 5) is 0. The van der Waals surface area contributed by atoms with Crippen LogP contribution < -0.4 is 0 Å². The van der Waals surface area contributed by atoms with E-state index in [0.717, 1.165) is 5.92 Å². The molecule has 0 atom stereocenters. The van der Waals surface area contributed by atoms with Crippen LogP contribution >= 0.6 is 0 Å². The zero-order chi connectivity index (χ0) is 11.0. The van der Waals surface area contributed by atoms with Gasteiger partial charge in [0.1, 0.15) is 0 Å². The van der Waals surface area contributed by atoms with Crippen molar-refractivity contribution in [3.05, 3.63) is 12.2 Å². The Bertz CT molecular complexity index is 146. The van der Waals surface area contributed by atoms with Crippen molar-refractivity contribution in [3.63, 3.8) is 0 Å². The topological polar surface area (TPSA) is 0 Å². The predicted octanol–water partition coefficient (Wildman–Crippen LogP) is 5.20. The molecule has 0 aromatic rings. The van der Waals surface area contributed by atoms with Crippen molar-refractivity contribution in [1.82, 2.24) is 0 Å². The highest BCUT2D eigenvalue weighted by atomic mass is 14.1. The highest BCUT2D eigenvalue weighted by Crippen LogP contribution is 2.20. The van der Waals surface area contributed by atoms with Crippen LogP contribution in [-0.4, -0.2) is 0 Å². The maximum absolute atomic E-state index is 2.36. The molecule has 0 bridgehead atoms. The van der Waals surface area contributed by atoms with E-state index >= 15 is 0 Å². The molecule has 0 unspecified atom stereocenters. The maximum atomic E-state index is 2.36. The van der Waals surface area contributed by atoms with E-state index in [4.69, 9.17) is 0 Å². The first kappa shape index (κ1) is 13.7. The van der Waals surface area contributed by atoms with E-state index in [1.54, 1.807) is 0 Å². The number of rotatable bonds is 6. The molecule has 0 aliphatic rings. The predicted molar refractivity (Wildman–Crippen MR) is 66.5 cm³/mol. The lowest BCUT2D eigenvalue weighted by molar-refractivity contribution is 0.381. The molecule has 0 nitrogen and oxygen atoms in total. The lowest BCUT2D eigenvalue weighted by Gasteiger charge is -2.15. The molecule has 0 aliphatic carbocycles. The molecule has 0 rings (SSSR count). The summed E-state index contributed by atoms with van der Waals surface area (Å²) in [7, 11) is 0. The van der Waals surface area contributed by atoms with Gasteiger partial charge < -0.3 is 0 Å². The number of allylic oxidation sites excluding steroid dienone is 2. The van der Waals surface area contributed by atoms with Gasteiger partial charge in [-0.25, -0.2) is 0 Å². The Kier molecular flexibility index (Phi) is 6.96. The Morgan fingerprint density at radius 3 is 2.07 bits per heavy atom. The van der Waals surface area contributed by atoms with Crippen molar-refractivity contribution >= 4 is 0 Å². The van der Waals surface area contributed by atoms with Crippen LogP contribution in [0.15, 0.2) is 12.2 Å². The third-order valence-corrected chi connectivity index (χ3v) is 2.38. The van der Waals surface area contributed by atoms with Gasteiger partial charge in [-0.2, -0.15) is 0 Å². The molecule has 84 valence electrons. The number of hydrogen-bond donors (Lipinski definition) is 0. The van der Waals surface area contributed by atoms with Crippen molar-refractivity contribution in [2.75, 3.05) is 0 Å². The van der Waals surface area contributed by atoms with E-state index in [9.17, 15) is 0 Å².